The maximum Gasteiger partial charge on any atom is 0.323 e. The van der Waals surface area contributed by atoms with Gasteiger partial charge in [-0.25, -0.2) is 4.79 Å². The predicted molar refractivity (Wildman–Crippen MR) is 90.1 cm³/mol. The van der Waals surface area contributed by atoms with Gasteiger partial charge in [-0.15, -0.1) is 0 Å². The molecule has 3 N–H and O–H groups in total. The molecule has 0 atom stereocenters. The molecule has 3 aromatic rings. The van der Waals surface area contributed by atoms with Crippen LogP contribution in [0.5, 0.6) is 0 Å². The second kappa shape index (κ2) is 5.54. The van der Waals surface area contributed by atoms with Gasteiger partial charge in [-0.2, -0.15) is 0 Å². The number of anilines is 2. The molecular weight excluding hydrogens is 365 g/mol. The number of hydrogen-bond acceptors (Lipinski definition) is 1. The Labute approximate surface area is 129 Å². The van der Waals surface area contributed by atoms with E-state index in [2.05, 4.69) is 38.2 Å². The van der Waals surface area contributed by atoms with Crippen LogP contribution < -0.4 is 10.6 Å². The molecule has 0 radical (unpaired) electrons. The van der Waals surface area contributed by atoms with Gasteiger partial charge in [-0.05, 0) is 59.0 Å². The smallest absolute Gasteiger partial charge is 0.323 e. The van der Waals surface area contributed by atoms with Crippen LogP contribution in [0.3, 0.4) is 0 Å². The number of amides is 2. The van der Waals surface area contributed by atoms with Gasteiger partial charge in [0.1, 0.15) is 0 Å². The molecule has 0 saturated heterocycles. The highest BCUT2D eigenvalue weighted by Crippen LogP contribution is 2.19. The van der Waals surface area contributed by atoms with Gasteiger partial charge in [-0.3, -0.25) is 0 Å². The topological polar surface area (TPSA) is 56.9 Å². The predicted octanol–water partition coefficient (Wildman–Crippen LogP) is 4.42. The van der Waals surface area contributed by atoms with Crippen molar-refractivity contribution in [1.29, 1.82) is 0 Å². The lowest BCUT2D eigenvalue weighted by molar-refractivity contribution is 0.262. The van der Waals surface area contributed by atoms with Gasteiger partial charge in [-0.1, -0.05) is 12.1 Å². The van der Waals surface area contributed by atoms with Crippen LogP contribution in [0.15, 0.2) is 54.7 Å². The molecule has 0 aliphatic heterocycles. The van der Waals surface area contributed by atoms with E-state index in [1.165, 1.54) is 0 Å². The summed E-state index contributed by atoms with van der Waals surface area (Å²) in [4.78, 5) is 15.1. The number of hydrogen-bond donors (Lipinski definition) is 3. The van der Waals surface area contributed by atoms with Gasteiger partial charge in [0.05, 0.1) is 5.69 Å². The van der Waals surface area contributed by atoms with Crippen LogP contribution in [0.4, 0.5) is 16.2 Å². The minimum absolute atomic E-state index is 0.246. The Bertz CT molecular complexity index is 766. The van der Waals surface area contributed by atoms with Crippen molar-refractivity contribution in [2.24, 2.45) is 0 Å². The standard InChI is InChI=1S/C15H12IN3O/c16-12-3-1-2-4-14(12)19-15(20)18-11-5-6-13-10(9-11)7-8-17-13/h1-9,17H,(H2,18,19,20). The minimum atomic E-state index is -0.246. The molecule has 0 fully saturated rings. The Morgan fingerprint density at radius 2 is 1.90 bits per heavy atom. The summed E-state index contributed by atoms with van der Waals surface area (Å²) in [5.41, 5.74) is 2.61. The number of nitrogens with one attached hydrogen (secondary N) is 3. The third-order valence-corrected chi connectivity index (χ3v) is 3.87. The van der Waals surface area contributed by atoms with Crippen molar-refractivity contribution in [1.82, 2.24) is 4.98 Å². The molecule has 0 aliphatic rings. The number of benzene rings is 2. The third-order valence-electron chi connectivity index (χ3n) is 2.93. The zero-order chi connectivity index (χ0) is 13.9. The number of carbonyl (C=O) groups is 1. The zero-order valence-corrected chi connectivity index (χ0v) is 12.6. The molecule has 3 rings (SSSR count). The zero-order valence-electron chi connectivity index (χ0n) is 10.5. The van der Waals surface area contributed by atoms with Gasteiger partial charge in [0.2, 0.25) is 0 Å². The summed E-state index contributed by atoms with van der Waals surface area (Å²) in [6.07, 6.45) is 1.88. The average molecular weight is 377 g/mol. The molecule has 0 unspecified atom stereocenters. The van der Waals surface area contributed by atoms with E-state index in [1.807, 2.05) is 54.7 Å². The fourth-order valence-corrected chi connectivity index (χ4v) is 2.50. The first kappa shape index (κ1) is 13.0. The average Bonchev–Trinajstić information content (AvgIpc) is 2.89. The summed E-state index contributed by atoms with van der Waals surface area (Å²) >= 11 is 2.19. The van der Waals surface area contributed by atoms with Crippen molar-refractivity contribution < 1.29 is 4.79 Å². The summed E-state index contributed by atoms with van der Waals surface area (Å²) in [6.45, 7) is 0. The quantitative estimate of drug-likeness (QED) is 0.569. The van der Waals surface area contributed by atoms with E-state index < -0.39 is 0 Å². The Hall–Kier alpha value is -2.02. The molecule has 0 aliphatic carbocycles. The number of aromatic amines is 1. The van der Waals surface area contributed by atoms with Crippen LogP contribution in [0.25, 0.3) is 10.9 Å². The number of carbonyl (C=O) groups excluding carboxylic acids is 1. The number of rotatable bonds is 2. The van der Waals surface area contributed by atoms with Crippen molar-refractivity contribution in [2.75, 3.05) is 10.6 Å². The normalized spacial score (nSPS) is 10.4. The molecule has 0 spiro atoms. The van der Waals surface area contributed by atoms with Crippen LogP contribution in [0.2, 0.25) is 0 Å². The van der Waals surface area contributed by atoms with E-state index in [-0.39, 0.29) is 6.03 Å². The summed E-state index contributed by atoms with van der Waals surface area (Å²) in [5, 5.41) is 6.73. The number of halogens is 1. The van der Waals surface area contributed by atoms with Crippen molar-refractivity contribution in [3.8, 4) is 0 Å². The molecule has 2 aromatic carbocycles. The van der Waals surface area contributed by atoms with Crippen LogP contribution in [0.1, 0.15) is 0 Å². The van der Waals surface area contributed by atoms with Gasteiger partial charge in [0.25, 0.3) is 0 Å². The molecule has 0 saturated carbocycles. The molecular formula is C15H12IN3O. The molecule has 1 aromatic heterocycles. The number of para-hydroxylation sites is 1. The van der Waals surface area contributed by atoms with Crippen molar-refractivity contribution in [2.45, 2.75) is 0 Å². The van der Waals surface area contributed by atoms with E-state index in [9.17, 15) is 4.79 Å². The highest BCUT2D eigenvalue weighted by atomic mass is 127. The second-order valence-electron chi connectivity index (χ2n) is 4.34. The minimum Gasteiger partial charge on any atom is -0.361 e. The maximum absolute atomic E-state index is 12.0. The SMILES string of the molecule is O=C(Nc1ccc2[nH]ccc2c1)Nc1ccccc1I. The van der Waals surface area contributed by atoms with E-state index in [0.29, 0.717) is 0 Å². The van der Waals surface area contributed by atoms with Gasteiger partial charge in [0, 0.05) is 26.4 Å². The van der Waals surface area contributed by atoms with Crippen LogP contribution in [0, 0.1) is 3.57 Å². The molecule has 4 nitrogen and oxygen atoms in total. The highest BCUT2D eigenvalue weighted by molar-refractivity contribution is 14.1. The Morgan fingerprint density at radius 1 is 1.05 bits per heavy atom. The summed E-state index contributed by atoms with van der Waals surface area (Å²) < 4.78 is 1.00. The molecule has 2 amide bonds. The Kier molecular flexibility index (Phi) is 3.60. The second-order valence-corrected chi connectivity index (χ2v) is 5.50. The summed E-state index contributed by atoms with van der Waals surface area (Å²) in [5.74, 6) is 0. The lowest BCUT2D eigenvalue weighted by Crippen LogP contribution is -2.19. The lowest BCUT2D eigenvalue weighted by atomic mass is 10.2. The lowest BCUT2D eigenvalue weighted by Gasteiger charge is -2.09. The first-order chi connectivity index (χ1) is 9.72. The molecule has 20 heavy (non-hydrogen) atoms. The largest absolute Gasteiger partial charge is 0.361 e. The molecule has 5 heteroatoms. The van der Waals surface area contributed by atoms with E-state index >= 15 is 0 Å². The van der Waals surface area contributed by atoms with Crippen LogP contribution in [-0.2, 0) is 0 Å². The van der Waals surface area contributed by atoms with Crippen molar-refractivity contribution in [3.63, 3.8) is 0 Å². The number of urea groups is 1. The Morgan fingerprint density at radius 3 is 2.75 bits per heavy atom. The fraction of sp³-hybridized carbons (Fsp3) is 0. The van der Waals surface area contributed by atoms with Crippen molar-refractivity contribution in [3.05, 3.63) is 58.3 Å². The van der Waals surface area contributed by atoms with Crippen LogP contribution in [-0.4, -0.2) is 11.0 Å². The van der Waals surface area contributed by atoms with Gasteiger partial charge in [0.15, 0.2) is 0 Å². The first-order valence-corrected chi connectivity index (χ1v) is 7.20. The fourth-order valence-electron chi connectivity index (χ4n) is 1.98. The van der Waals surface area contributed by atoms with Crippen LogP contribution >= 0.6 is 22.6 Å². The monoisotopic (exact) mass is 377 g/mol. The molecule has 1 heterocycles. The maximum atomic E-state index is 12.0. The van der Waals surface area contributed by atoms with E-state index in [0.717, 1.165) is 25.8 Å². The van der Waals surface area contributed by atoms with Crippen molar-refractivity contribution >= 4 is 50.9 Å². The van der Waals surface area contributed by atoms with Gasteiger partial charge < -0.3 is 15.6 Å². The highest BCUT2D eigenvalue weighted by Gasteiger charge is 2.05. The van der Waals surface area contributed by atoms with E-state index in [1.54, 1.807) is 0 Å². The first-order valence-electron chi connectivity index (χ1n) is 6.12. The summed E-state index contributed by atoms with van der Waals surface area (Å²) in [7, 11) is 0. The summed E-state index contributed by atoms with van der Waals surface area (Å²) in [6, 6.07) is 15.1. The number of aromatic nitrogens is 1. The molecule has 0 bridgehead atoms. The number of H-pyrrole nitrogens is 1. The third kappa shape index (κ3) is 2.77. The van der Waals surface area contributed by atoms with E-state index in [4.69, 9.17) is 0 Å². The number of fused-ring (bicyclic) bond motifs is 1. The Balaban J connectivity index is 1.74. The molecule has 100 valence electrons. The van der Waals surface area contributed by atoms with Gasteiger partial charge >= 0.3 is 6.03 Å².